The molecule has 2 nitrogen and oxygen atoms in total. The molecule has 0 aromatic heterocycles. The summed E-state index contributed by atoms with van der Waals surface area (Å²) in [6.07, 6.45) is 1.59. The van der Waals surface area contributed by atoms with Gasteiger partial charge >= 0.3 is 0 Å². The molecular formula is C15H22N2. The Balaban J connectivity index is 2.32. The monoisotopic (exact) mass is 230 g/mol. The van der Waals surface area contributed by atoms with Crippen molar-refractivity contribution in [3.63, 3.8) is 0 Å². The quantitative estimate of drug-likeness (QED) is 0.813. The fraction of sp³-hybridized carbons (Fsp3) is 0.533. The predicted molar refractivity (Wildman–Crippen MR) is 71.5 cm³/mol. The summed E-state index contributed by atoms with van der Waals surface area (Å²) in [6, 6.07) is 10.8. The van der Waals surface area contributed by atoms with Gasteiger partial charge in [-0.3, -0.25) is 0 Å². The third kappa shape index (κ3) is 5.51. The van der Waals surface area contributed by atoms with Crippen LogP contribution in [0.4, 0.5) is 0 Å². The molecule has 1 rings (SSSR count). The van der Waals surface area contributed by atoms with Gasteiger partial charge in [0.1, 0.15) is 0 Å². The minimum atomic E-state index is 0.195. The van der Waals surface area contributed by atoms with Gasteiger partial charge in [-0.1, -0.05) is 43.7 Å². The van der Waals surface area contributed by atoms with Crippen LogP contribution < -0.4 is 5.32 Å². The average Bonchev–Trinajstić information content (AvgIpc) is 2.29. The molecule has 0 aliphatic carbocycles. The lowest BCUT2D eigenvalue weighted by atomic mass is 9.88. The van der Waals surface area contributed by atoms with Crippen molar-refractivity contribution in [1.82, 2.24) is 5.32 Å². The maximum Gasteiger partial charge on any atom is 0.0621 e. The fourth-order valence-corrected chi connectivity index (χ4v) is 1.73. The number of nitrogens with one attached hydrogen (secondary N) is 1. The normalized spacial score (nSPS) is 11.2. The number of nitriles is 1. The number of nitrogens with zero attached hydrogens (tertiary/aromatic N) is 1. The highest BCUT2D eigenvalue weighted by atomic mass is 14.9. The molecule has 0 bridgehead atoms. The molecule has 0 fully saturated rings. The Hall–Kier alpha value is -1.33. The van der Waals surface area contributed by atoms with Crippen LogP contribution in [0.25, 0.3) is 0 Å². The Bertz CT molecular complexity index is 371. The van der Waals surface area contributed by atoms with Gasteiger partial charge in [0.25, 0.3) is 0 Å². The van der Waals surface area contributed by atoms with E-state index < -0.39 is 0 Å². The van der Waals surface area contributed by atoms with Crippen LogP contribution in [0.5, 0.6) is 0 Å². The van der Waals surface area contributed by atoms with E-state index in [-0.39, 0.29) is 5.41 Å². The van der Waals surface area contributed by atoms with Crippen LogP contribution in [0.1, 0.15) is 37.8 Å². The number of rotatable bonds is 6. The third-order valence-corrected chi connectivity index (χ3v) is 2.97. The molecule has 92 valence electrons. The Morgan fingerprint density at radius 3 is 2.47 bits per heavy atom. The molecule has 1 aromatic rings. The predicted octanol–water partition coefficient (Wildman–Crippen LogP) is 3.41. The van der Waals surface area contributed by atoms with Gasteiger partial charge in [0.15, 0.2) is 0 Å². The largest absolute Gasteiger partial charge is 0.312 e. The molecule has 0 heterocycles. The second-order valence-corrected chi connectivity index (χ2v) is 5.41. The zero-order valence-corrected chi connectivity index (χ0v) is 11.1. The van der Waals surface area contributed by atoms with Crippen molar-refractivity contribution < 1.29 is 0 Å². The maximum atomic E-state index is 8.59. The molecule has 2 heteroatoms. The van der Waals surface area contributed by atoms with Gasteiger partial charge in [0.2, 0.25) is 0 Å². The molecule has 0 radical (unpaired) electrons. The minimum Gasteiger partial charge on any atom is -0.312 e. The molecule has 0 atom stereocenters. The van der Waals surface area contributed by atoms with Crippen molar-refractivity contribution in [2.75, 3.05) is 6.54 Å². The molecule has 0 amide bonds. The van der Waals surface area contributed by atoms with Gasteiger partial charge in [-0.2, -0.15) is 5.26 Å². The SMILES string of the molecule is Cc1ccc(CNCC(C)(C)CCC#N)cc1. The molecule has 0 saturated heterocycles. The summed E-state index contributed by atoms with van der Waals surface area (Å²) in [5, 5.41) is 12.0. The Morgan fingerprint density at radius 2 is 1.88 bits per heavy atom. The summed E-state index contributed by atoms with van der Waals surface area (Å²) < 4.78 is 0. The molecule has 0 unspecified atom stereocenters. The van der Waals surface area contributed by atoms with E-state index in [0.717, 1.165) is 19.5 Å². The minimum absolute atomic E-state index is 0.195. The van der Waals surface area contributed by atoms with Gasteiger partial charge in [0, 0.05) is 19.5 Å². The van der Waals surface area contributed by atoms with E-state index in [4.69, 9.17) is 5.26 Å². The highest BCUT2D eigenvalue weighted by Gasteiger charge is 2.16. The van der Waals surface area contributed by atoms with Crippen LogP contribution in [0.2, 0.25) is 0 Å². The second kappa shape index (κ2) is 6.42. The lowest BCUT2D eigenvalue weighted by Crippen LogP contribution is -2.29. The fourth-order valence-electron chi connectivity index (χ4n) is 1.73. The van der Waals surface area contributed by atoms with Crippen molar-refractivity contribution >= 4 is 0 Å². The second-order valence-electron chi connectivity index (χ2n) is 5.41. The number of hydrogen-bond donors (Lipinski definition) is 1. The van der Waals surface area contributed by atoms with Gasteiger partial charge in [0.05, 0.1) is 6.07 Å². The summed E-state index contributed by atoms with van der Waals surface area (Å²) in [4.78, 5) is 0. The van der Waals surface area contributed by atoms with Gasteiger partial charge < -0.3 is 5.32 Å². The van der Waals surface area contributed by atoms with Crippen LogP contribution in [0.3, 0.4) is 0 Å². The van der Waals surface area contributed by atoms with Crippen molar-refractivity contribution in [2.45, 2.75) is 40.2 Å². The number of hydrogen-bond acceptors (Lipinski definition) is 2. The first-order valence-electron chi connectivity index (χ1n) is 6.17. The lowest BCUT2D eigenvalue weighted by molar-refractivity contribution is 0.317. The van der Waals surface area contributed by atoms with Gasteiger partial charge in [-0.05, 0) is 24.3 Å². The lowest BCUT2D eigenvalue weighted by Gasteiger charge is -2.23. The summed E-state index contributed by atoms with van der Waals surface area (Å²) in [7, 11) is 0. The van der Waals surface area contributed by atoms with Crippen molar-refractivity contribution in [2.24, 2.45) is 5.41 Å². The van der Waals surface area contributed by atoms with E-state index in [1.165, 1.54) is 11.1 Å². The molecule has 1 aromatic carbocycles. The van der Waals surface area contributed by atoms with Crippen LogP contribution >= 0.6 is 0 Å². The Morgan fingerprint density at radius 1 is 1.24 bits per heavy atom. The molecular weight excluding hydrogens is 208 g/mol. The van der Waals surface area contributed by atoms with Gasteiger partial charge in [-0.25, -0.2) is 0 Å². The standard InChI is InChI=1S/C15H22N2/c1-13-5-7-14(8-6-13)11-17-12-15(2,3)9-4-10-16/h5-8,17H,4,9,11-12H2,1-3H3. The van der Waals surface area contributed by atoms with E-state index >= 15 is 0 Å². The smallest absolute Gasteiger partial charge is 0.0621 e. The summed E-state index contributed by atoms with van der Waals surface area (Å²) >= 11 is 0. The third-order valence-electron chi connectivity index (χ3n) is 2.97. The Labute approximate surface area is 105 Å². The molecule has 0 spiro atoms. The summed E-state index contributed by atoms with van der Waals surface area (Å²) in [5.41, 5.74) is 2.80. The molecule has 0 aliphatic heterocycles. The van der Waals surface area contributed by atoms with Crippen LogP contribution in [0.15, 0.2) is 24.3 Å². The van der Waals surface area contributed by atoms with Crippen LogP contribution in [-0.4, -0.2) is 6.54 Å². The average molecular weight is 230 g/mol. The zero-order valence-electron chi connectivity index (χ0n) is 11.1. The highest BCUT2D eigenvalue weighted by Crippen LogP contribution is 2.20. The topological polar surface area (TPSA) is 35.8 Å². The van der Waals surface area contributed by atoms with Crippen molar-refractivity contribution in [3.8, 4) is 6.07 Å². The molecule has 0 saturated carbocycles. The maximum absolute atomic E-state index is 8.59. The first-order chi connectivity index (χ1) is 8.03. The zero-order chi connectivity index (χ0) is 12.7. The van der Waals surface area contributed by atoms with Crippen LogP contribution in [-0.2, 0) is 6.54 Å². The number of benzene rings is 1. The van der Waals surface area contributed by atoms with Crippen molar-refractivity contribution in [3.05, 3.63) is 35.4 Å². The van der Waals surface area contributed by atoms with Crippen molar-refractivity contribution in [1.29, 1.82) is 5.26 Å². The van der Waals surface area contributed by atoms with E-state index in [0.29, 0.717) is 6.42 Å². The summed E-state index contributed by atoms with van der Waals surface area (Å²) in [5.74, 6) is 0. The molecule has 1 N–H and O–H groups in total. The van der Waals surface area contributed by atoms with Crippen LogP contribution in [0, 0.1) is 23.7 Å². The first-order valence-corrected chi connectivity index (χ1v) is 6.17. The molecule has 17 heavy (non-hydrogen) atoms. The van der Waals surface area contributed by atoms with Gasteiger partial charge in [-0.15, -0.1) is 0 Å². The van der Waals surface area contributed by atoms with E-state index in [1.54, 1.807) is 0 Å². The van der Waals surface area contributed by atoms with E-state index in [1.807, 2.05) is 0 Å². The number of aryl methyl sites for hydroxylation is 1. The van der Waals surface area contributed by atoms with E-state index in [9.17, 15) is 0 Å². The summed E-state index contributed by atoms with van der Waals surface area (Å²) in [6.45, 7) is 8.35. The van der Waals surface area contributed by atoms with E-state index in [2.05, 4.69) is 56.4 Å². The molecule has 0 aliphatic rings. The first kappa shape index (κ1) is 13.7. The Kier molecular flexibility index (Phi) is 5.18. The highest BCUT2D eigenvalue weighted by molar-refractivity contribution is 5.21.